The molecule has 0 radical (unpaired) electrons. The van der Waals surface area contributed by atoms with Gasteiger partial charge >= 0.3 is 0 Å². The number of aryl methyl sites for hydroxylation is 1. The number of hydrogen-bond acceptors (Lipinski definition) is 3. The Labute approximate surface area is 123 Å². The van der Waals surface area contributed by atoms with Crippen molar-refractivity contribution in [1.82, 2.24) is 4.72 Å². The second kappa shape index (κ2) is 5.83. The molecule has 2 rings (SSSR count). The molecule has 2 aromatic rings. The van der Waals surface area contributed by atoms with Gasteiger partial charge in [-0.1, -0.05) is 41.4 Å². The first-order valence-corrected chi connectivity index (χ1v) is 7.85. The van der Waals surface area contributed by atoms with Crippen molar-refractivity contribution < 1.29 is 8.42 Å². The highest BCUT2D eigenvalue weighted by Crippen LogP contribution is 2.22. The Bertz CT molecular complexity index is 712. The summed E-state index contributed by atoms with van der Waals surface area (Å²) in [4.78, 5) is -0.00267. The lowest BCUT2D eigenvalue weighted by Gasteiger charge is -2.09. The van der Waals surface area contributed by atoms with Crippen LogP contribution in [-0.2, 0) is 16.6 Å². The summed E-state index contributed by atoms with van der Waals surface area (Å²) >= 11 is 5.81. The van der Waals surface area contributed by atoms with E-state index in [0.29, 0.717) is 5.02 Å². The molecule has 0 amide bonds. The van der Waals surface area contributed by atoms with Gasteiger partial charge in [0.25, 0.3) is 0 Å². The molecule has 6 heteroatoms. The zero-order valence-corrected chi connectivity index (χ0v) is 12.5. The molecule has 0 aliphatic heterocycles. The predicted octanol–water partition coefficient (Wildman–Crippen LogP) is 2.71. The van der Waals surface area contributed by atoms with Gasteiger partial charge in [0.15, 0.2) is 0 Å². The summed E-state index contributed by atoms with van der Waals surface area (Å²) in [5, 5.41) is 0.329. The molecule has 2 aromatic carbocycles. The molecular weight excluding hydrogens is 296 g/mol. The zero-order valence-electron chi connectivity index (χ0n) is 10.9. The van der Waals surface area contributed by atoms with Crippen LogP contribution in [-0.4, -0.2) is 8.42 Å². The number of nitrogen functional groups attached to an aromatic ring is 1. The van der Waals surface area contributed by atoms with Crippen LogP contribution < -0.4 is 10.5 Å². The maximum atomic E-state index is 12.2. The molecule has 0 fully saturated rings. The lowest BCUT2D eigenvalue weighted by molar-refractivity contribution is 0.582. The zero-order chi connectivity index (χ0) is 14.8. The molecule has 20 heavy (non-hydrogen) atoms. The van der Waals surface area contributed by atoms with Crippen molar-refractivity contribution in [2.75, 3.05) is 5.73 Å². The van der Waals surface area contributed by atoms with Gasteiger partial charge in [-0.25, -0.2) is 13.1 Å². The van der Waals surface area contributed by atoms with E-state index in [1.165, 1.54) is 12.1 Å². The van der Waals surface area contributed by atoms with Gasteiger partial charge in [0, 0.05) is 11.6 Å². The van der Waals surface area contributed by atoms with E-state index in [-0.39, 0.29) is 17.1 Å². The molecular formula is C14H15ClN2O2S. The van der Waals surface area contributed by atoms with Crippen LogP contribution in [0.5, 0.6) is 0 Å². The van der Waals surface area contributed by atoms with E-state index in [1.54, 1.807) is 6.07 Å². The summed E-state index contributed by atoms with van der Waals surface area (Å²) in [7, 11) is -3.68. The number of anilines is 1. The molecule has 0 unspecified atom stereocenters. The lowest BCUT2D eigenvalue weighted by Crippen LogP contribution is -2.24. The topological polar surface area (TPSA) is 72.2 Å². The van der Waals surface area contributed by atoms with Crippen molar-refractivity contribution in [3.63, 3.8) is 0 Å². The second-order valence-corrected chi connectivity index (χ2v) is 6.66. The Morgan fingerprint density at radius 3 is 2.45 bits per heavy atom. The van der Waals surface area contributed by atoms with E-state index in [1.807, 2.05) is 31.2 Å². The van der Waals surface area contributed by atoms with Gasteiger partial charge in [-0.3, -0.25) is 0 Å². The molecule has 106 valence electrons. The quantitative estimate of drug-likeness (QED) is 0.853. The monoisotopic (exact) mass is 310 g/mol. The summed E-state index contributed by atoms with van der Waals surface area (Å²) in [5.41, 5.74) is 7.85. The lowest BCUT2D eigenvalue weighted by atomic mass is 10.2. The summed E-state index contributed by atoms with van der Waals surface area (Å²) < 4.78 is 26.9. The average Bonchev–Trinajstić information content (AvgIpc) is 2.41. The number of nitrogens with one attached hydrogen (secondary N) is 1. The molecule has 0 heterocycles. The second-order valence-electron chi connectivity index (χ2n) is 4.49. The van der Waals surface area contributed by atoms with Crippen molar-refractivity contribution in [3.05, 3.63) is 58.6 Å². The first kappa shape index (κ1) is 14.8. The first-order chi connectivity index (χ1) is 9.38. The number of hydrogen-bond donors (Lipinski definition) is 2. The molecule has 0 spiro atoms. The Morgan fingerprint density at radius 2 is 1.80 bits per heavy atom. The van der Waals surface area contributed by atoms with E-state index in [4.69, 9.17) is 17.3 Å². The number of rotatable bonds is 4. The van der Waals surface area contributed by atoms with Crippen LogP contribution >= 0.6 is 11.6 Å². The van der Waals surface area contributed by atoms with E-state index < -0.39 is 10.0 Å². The number of sulfonamides is 1. The minimum Gasteiger partial charge on any atom is -0.398 e. The normalized spacial score (nSPS) is 11.5. The molecule has 0 aliphatic carbocycles. The highest BCUT2D eigenvalue weighted by molar-refractivity contribution is 7.89. The van der Waals surface area contributed by atoms with Crippen LogP contribution in [0, 0.1) is 6.92 Å². The fourth-order valence-electron chi connectivity index (χ4n) is 1.70. The molecule has 0 aromatic heterocycles. The van der Waals surface area contributed by atoms with Crippen molar-refractivity contribution in [1.29, 1.82) is 0 Å². The Morgan fingerprint density at radius 1 is 1.15 bits per heavy atom. The molecule has 3 N–H and O–H groups in total. The van der Waals surface area contributed by atoms with Crippen molar-refractivity contribution in [3.8, 4) is 0 Å². The van der Waals surface area contributed by atoms with E-state index in [9.17, 15) is 8.42 Å². The highest BCUT2D eigenvalue weighted by Gasteiger charge is 2.17. The number of halogens is 1. The molecule has 0 bridgehead atoms. The van der Waals surface area contributed by atoms with E-state index in [0.717, 1.165) is 11.1 Å². The van der Waals surface area contributed by atoms with Gasteiger partial charge in [-0.15, -0.1) is 0 Å². The fraction of sp³-hybridized carbons (Fsp3) is 0.143. The van der Waals surface area contributed by atoms with Gasteiger partial charge in [0.05, 0.1) is 5.69 Å². The average molecular weight is 311 g/mol. The van der Waals surface area contributed by atoms with Crippen molar-refractivity contribution in [2.24, 2.45) is 0 Å². The molecule has 4 nitrogen and oxygen atoms in total. The van der Waals surface area contributed by atoms with Crippen LogP contribution in [0.25, 0.3) is 0 Å². The van der Waals surface area contributed by atoms with E-state index >= 15 is 0 Å². The number of nitrogens with two attached hydrogens (primary N) is 1. The Hall–Kier alpha value is -1.56. The first-order valence-electron chi connectivity index (χ1n) is 5.99. The third kappa shape index (κ3) is 3.50. The minimum atomic E-state index is -3.68. The number of benzene rings is 2. The van der Waals surface area contributed by atoms with Gasteiger partial charge in [0.1, 0.15) is 4.90 Å². The minimum absolute atomic E-state index is 0.00267. The SMILES string of the molecule is Cc1ccc(CNS(=O)(=O)c2cc(Cl)ccc2N)cc1. The fourth-order valence-corrected chi connectivity index (χ4v) is 3.11. The maximum Gasteiger partial charge on any atom is 0.242 e. The highest BCUT2D eigenvalue weighted by atomic mass is 35.5. The van der Waals surface area contributed by atoms with Crippen LogP contribution in [0.1, 0.15) is 11.1 Å². The van der Waals surface area contributed by atoms with Gasteiger partial charge in [0.2, 0.25) is 10.0 Å². The molecule has 0 aliphatic rings. The van der Waals surface area contributed by atoms with Crippen LogP contribution in [0.3, 0.4) is 0 Å². The van der Waals surface area contributed by atoms with E-state index in [2.05, 4.69) is 4.72 Å². The maximum absolute atomic E-state index is 12.2. The molecule has 0 saturated carbocycles. The van der Waals surface area contributed by atoms with Gasteiger partial charge in [-0.05, 0) is 30.7 Å². The summed E-state index contributed by atoms with van der Waals surface area (Å²) in [5.74, 6) is 0. The smallest absolute Gasteiger partial charge is 0.242 e. The predicted molar refractivity (Wildman–Crippen MR) is 81.1 cm³/mol. The standard InChI is InChI=1S/C14H15ClN2O2S/c1-10-2-4-11(5-3-10)9-17-20(18,19)14-8-12(15)6-7-13(14)16/h2-8,17H,9,16H2,1H3. The summed E-state index contributed by atoms with van der Waals surface area (Å²) in [6, 6.07) is 12.0. The molecule has 0 atom stereocenters. The van der Waals surface area contributed by atoms with Crippen LogP contribution in [0.2, 0.25) is 5.02 Å². The Kier molecular flexibility index (Phi) is 4.32. The largest absolute Gasteiger partial charge is 0.398 e. The third-order valence-corrected chi connectivity index (χ3v) is 4.54. The summed E-state index contributed by atoms with van der Waals surface area (Å²) in [6.07, 6.45) is 0. The van der Waals surface area contributed by atoms with Crippen LogP contribution in [0.15, 0.2) is 47.4 Å². The van der Waals surface area contributed by atoms with Gasteiger partial charge in [-0.2, -0.15) is 0 Å². The van der Waals surface area contributed by atoms with Crippen molar-refractivity contribution >= 4 is 27.3 Å². The van der Waals surface area contributed by atoms with Crippen molar-refractivity contribution in [2.45, 2.75) is 18.4 Å². The van der Waals surface area contributed by atoms with Gasteiger partial charge < -0.3 is 5.73 Å². The Balaban J connectivity index is 2.19. The molecule has 0 saturated heterocycles. The van der Waals surface area contributed by atoms with Crippen LogP contribution in [0.4, 0.5) is 5.69 Å². The summed E-state index contributed by atoms with van der Waals surface area (Å²) in [6.45, 7) is 2.18. The third-order valence-electron chi connectivity index (χ3n) is 2.85.